The highest BCUT2D eigenvalue weighted by Gasteiger charge is 2.07. The number of rotatable bonds is 6. The highest BCUT2D eigenvalue weighted by atomic mass is 35.5. The average molecular weight is 365 g/mol. The van der Waals surface area contributed by atoms with Crippen LogP contribution < -0.4 is 10.2 Å². The van der Waals surface area contributed by atoms with E-state index in [9.17, 15) is 4.79 Å². The van der Waals surface area contributed by atoms with Gasteiger partial charge in [0.05, 0.1) is 6.21 Å². The highest BCUT2D eigenvalue weighted by molar-refractivity contribution is 6.30. The van der Waals surface area contributed by atoms with Crippen molar-refractivity contribution in [1.82, 2.24) is 5.43 Å². The molecular weight excluding hydrogens is 348 g/mol. The molecule has 3 aromatic carbocycles. The molecule has 0 saturated carbocycles. The van der Waals surface area contributed by atoms with E-state index in [0.717, 1.165) is 16.7 Å². The Balaban J connectivity index is 1.58. The molecule has 3 aromatic rings. The van der Waals surface area contributed by atoms with Crippen LogP contribution in [-0.4, -0.2) is 18.7 Å². The second-order valence-corrected chi connectivity index (χ2v) is 5.94. The summed E-state index contributed by atoms with van der Waals surface area (Å²) in [6.45, 7) is -0.128. The number of carbonyl (C=O) groups excluding carboxylic acids is 1. The van der Waals surface area contributed by atoms with E-state index in [4.69, 9.17) is 16.3 Å². The number of carbonyl (C=O) groups is 1. The Hall–Kier alpha value is -3.11. The summed E-state index contributed by atoms with van der Waals surface area (Å²) in [4.78, 5) is 11.9. The van der Waals surface area contributed by atoms with Crippen LogP contribution in [-0.2, 0) is 4.79 Å². The van der Waals surface area contributed by atoms with Gasteiger partial charge in [0.1, 0.15) is 5.75 Å². The van der Waals surface area contributed by atoms with Crippen LogP contribution in [0.1, 0.15) is 5.56 Å². The molecule has 26 heavy (non-hydrogen) atoms. The number of hydrazone groups is 1. The first kappa shape index (κ1) is 17.7. The number of halogens is 1. The van der Waals surface area contributed by atoms with Crippen LogP contribution in [0.25, 0.3) is 11.1 Å². The molecule has 0 aromatic heterocycles. The maximum absolute atomic E-state index is 11.9. The molecule has 0 bridgehead atoms. The number of ether oxygens (including phenoxy) is 1. The van der Waals surface area contributed by atoms with E-state index >= 15 is 0 Å². The third-order valence-electron chi connectivity index (χ3n) is 3.58. The lowest BCUT2D eigenvalue weighted by Gasteiger charge is -2.10. The number of para-hydroxylation sites is 1. The minimum Gasteiger partial charge on any atom is -0.483 e. The molecule has 0 atom stereocenters. The van der Waals surface area contributed by atoms with Crippen molar-refractivity contribution in [1.29, 1.82) is 0 Å². The molecule has 0 spiro atoms. The predicted octanol–water partition coefficient (Wildman–Crippen LogP) is 4.54. The first-order valence-corrected chi connectivity index (χ1v) is 8.45. The van der Waals surface area contributed by atoms with Gasteiger partial charge in [0, 0.05) is 10.6 Å². The van der Waals surface area contributed by atoms with Crippen LogP contribution in [0.4, 0.5) is 0 Å². The molecule has 1 amide bonds. The molecule has 0 unspecified atom stereocenters. The van der Waals surface area contributed by atoms with Crippen LogP contribution >= 0.6 is 11.6 Å². The van der Waals surface area contributed by atoms with Gasteiger partial charge >= 0.3 is 0 Å². The molecule has 0 heterocycles. The quantitative estimate of drug-likeness (QED) is 0.516. The number of amides is 1. The minimum absolute atomic E-state index is 0.128. The summed E-state index contributed by atoms with van der Waals surface area (Å²) in [6.07, 6.45) is 1.53. The van der Waals surface area contributed by atoms with E-state index in [1.165, 1.54) is 6.21 Å². The summed E-state index contributed by atoms with van der Waals surface area (Å²) in [5, 5.41) is 4.52. The Morgan fingerprint density at radius 2 is 1.77 bits per heavy atom. The van der Waals surface area contributed by atoms with Gasteiger partial charge in [0.25, 0.3) is 5.91 Å². The molecule has 5 heteroatoms. The maximum Gasteiger partial charge on any atom is 0.277 e. The Morgan fingerprint density at radius 1 is 1.00 bits per heavy atom. The summed E-state index contributed by atoms with van der Waals surface area (Å²) in [7, 11) is 0. The number of hydrogen-bond acceptors (Lipinski definition) is 3. The smallest absolute Gasteiger partial charge is 0.277 e. The van der Waals surface area contributed by atoms with E-state index < -0.39 is 0 Å². The van der Waals surface area contributed by atoms with Crippen molar-refractivity contribution < 1.29 is 9.53 Å². The van der Waals surface area contributed by atoms with E-state index in [1.807, 2.05) is 66.7 Å². The monoisotopic (exact) mass is 364 g/mol. The van der Waals surface area contributed by atoms with Gasteiger partial charge in [0.2, 0.25) is 0 Å². The molecule has 4 nitrogen and oxygen atoms in total. The van der Waals surface area contributed by atoms with Gasteiger partial charge < -0.3 is 4.74 Å². The average Bonchev–Trinajstić information content (AvgIpc) is 2.67. The number of nitrogens with one attached hydrogen (secondary N) is 1. The minimum atomic E-state index is -0.342. The molecule has 0 saturated heterocycles. The van der Waals surface area contributed by atoms with Crippen molar-refractivity contribution >= 4 is 23.7 Å². The van der Waals surface area contributed by atoms with Gasteiger partial charge in [-0.05, 0) is 29.3 Å². The normalized spacial score (nSPS) is 10.7. The van der Waals surface area contributed by atoms with E-state index in [-0.39, 0.29) is 12.5 Å². The first-order valence-electron chi connectivity index (χ1n) is 8.07. The standard InChI is InChI=1S/C21H17ClN2O2/c22-18-10-6-7-16(13-18)14-23-24-21(25)15-26-20-12-5-4-11-19(20)17-8-2-1-3-9-17/h1-14H,15H2,(H,24,25)/b23-14-. The molecule has 0 aliphatic carbocycles. The summed E-state index contributed by atoms with van der Waals surface area (Å²) in [5.74, 6) is 0.304. The Labute approximate surface area is 157 Å². The molecule has 0 fully saturated rings. The fourth-order valence-electron chi connectivity index (χ4n) is 2.39. The lowest BCUT2D eigenvalue weighted by molar-refractivity contribution is -0.123. The molecule has 130 valence electrons. The van der Waals surface area contributed by atoms with Crippen molar-refractivity contribution in [3.8, 4) is 16.9 Å². The lowest BCUT2D eigenvalue weighted by atomic mass is 10.1. The van der Waals surface area contributed by atoms with Crippen LogP contribution in [0.3, 0.4) is 0 Å². The Bertz CT molecular complexity index is 911. The molecule has 0 aliphatic rings. The highest BCUT2D eigenvalue weighted by Crippen LogP contribution is 2.29. The Kier molecular flexibility index (Phi) is 6.01. The van der Waals surface area contributed by atoms with E-state index in [1.54, 1.807) is 12.1 Å². The topological polar surface area (TPSA) is 50.7 Å². The lowest BCUT2D eigenvalue weighted by Crippen LogP contribution is -2.24. The number of hydrogen-bond donors (Lipinski definition) is 1. The van der Waals surface area contributed by atoms with Crippen molar-refractivity contribution in [2.45, 2.75) is 0 Å². The number of nitrogens with zero attached hydrogens (tertiary/aromatic N) is 1. The fourth-order valence-corrected chi connectivity index (χ4v) is 2.59. The zero-order valence-electron chi connectivity index (χ0n) is 13.9. The fraction of sp³-hybridized carbons (Fsp3) is 0.0476. The summed E-state index contributed by atoms with van der Waals surface area (Å²) >= 11 is 5.90. The van der Waals surface area contributed by atoms with E-state index in [0.29, 0.717) is 10.8 Å². The third-order valence-corrected chi connectivity index (χ3v) is 3.82. The summed E-state index contributed by atoms with van der Waals surface area (Å²) < 4.78 is 5.67. The van der Waals surface area contributed by atoms with Crippen molar-refractivity contribution in [3.63, 3.8) is 0 Å². The van der Waals surface area contributed by atoms with Crippen molar-refractivity contribution in [2.24, 2.45) is 5.10 Å². The second kappa shape index (κ2) is 8.83. The zero-order valence-corrected chi connectivity index (χ0v) is 14.7. The SMILES string of the molecule is O=C(COc1ccccc1-c1ccccc1)N/N=C\c1cccc(Cl)c1. The third kappa shape index (κ3) is 4.94. The summed E-state index contributed by atoms with van der Waals surface area (Å²) in [6, 6.07) is 24.7. The molecule has 3 rings (SSSR count). The van der Waals surface area contributed by atoms with Gasteiger partial charge in [-0.3, -0.25) is 4.79 Å². The van der Waals surface area contributed by atoms with Gasteiger partial charge in [-0.25, -0.2) is 5.43 Å². The van der Waals surface area contributed by atoms with Crippen molar-refractivity contribution in [2.75, 3.05) is 6.61 Å². The van der Waals surface area contributed by atoms with Crippen LogP contribution in [0.2, 0.25) is 5.02 Å². The number of benzene rings is 3. The van der Waals surface area contributed by atoms with Gasteiger partial charge in [-0.15, -0.1) is 0 Å². The molecule has 1 N–H and O–H groups in total. The predicted molar refractivity (Wildman–Crippen MR) is 105 cm³/mol. The van der Waals surface area contributed by atoms with E-state index in [2.05, 4.69) is 10.5 Å². The largest absolute Gasteiger partial charge is 0.483 e. The molecule has 0 aliphatic heterocycles. The zero-order chi connectivity index (χ0) is 18.2. The van der Waals surface area contributed by atoms with Gasteiger partial charge in [-0.2, -0.15) is 5.10 Å². The van der Waals surface area contributed by atoms with Crippen LogP contribution in [0.5, 0.6) is 5.75 Å². The van der Waals surface area contributed by atoms with Crippen LogP contribution in [0, 0.1) is 0 Å². The molecular formula is C21H17ClN2O2. The van der Waals surface area contributed by atoms with Crippen LogP contribution in [0.15, 0.2) is 84.0 Å². The summed E-state index contributed by atoms with van der Waals surface area (Å²) in [5.41, 5.74) is 5.21. The Morgan fingerprint density at radius 3 is 2.58 bits per heavy atom. The second-order valence-electron chi connectivity index (χ2n) is 5.50. The van der Waals surface area contributed by atoms with Gasteiger partial charge in [-0.1, -0.05) is 72.3 Å². The van der Waals surface area contributed by atoms with Crippen molar-refractivity contribution in [3.05, 3.63) is 89.4 Å². The molecule has 0 radical (unpaired) electrons. The first-order chi connectivity index (χ1) is 12.7. The van der Waals surface area contributed by atoms with Gasteiger partial charge in [0.15, 0.2) is 6.61 Å². The maximum atomic E-state index is 11.9.